The van der Waals surface area contributed by atoms with E-state index in [4.69, 9.17) is 46.4 Å². The van der Waals surface area contributed by atoms with Crippen LogP contribution in [0.25, 0.3) is 0 Å². The molecule has 0 aliphatic carbocycles. The Balaban J connectivity index is 1.86. The van der Waals surface area contributed by atoms with E-state index in [1.165, 1.54) is 0 Å². The Morgan fingerprint density at radius 3 is 1.57 bits per heavy atom. The van der Waals surface area contributed by atoms with E-state index in [0.29, 0.717) is 44.6 Å². The number of aromatic nitrogens is 1. The molecule has 3 aromatic rings. The van der Waals surface area contributed by atoms with Crippen LogP contribution in [0.5, 0.6) is 0 Å². The summed E-state index contributed by atoms with van der Waals surface area (Å²) in [6, 6.07) is 16.7. The molecular weight excluding hydrogens is 436 g/mol. The van der Waals surface area contributed by atoms with Crippen molar-refractivity contribution in [2.24, 2.45) is 0 Å². The molecule has 3 rings (SSSR count). The molecule has 0 radical (unpaired) electrons. The standard InChI is InChI=1S/C21H19Cl4N3/c1-21(18-10-2-3-11-26-18,12-27-19-14(22)6-4-7-15(19)23)13-28-20-16(24)8-5-9-17(20)25/h2-11,27-28H,12-13H2,1H3. The van der Waals surface area contributed by atoms with Gasteiger partial charge in [-0.2, -0.15) is 0 Å². The molecule has 0 fully saturated rings. The summed E-state index contributed by atoms with van der Waals surface area (Å²) in [6.07, 6.45) is 1.78. The largest absolute Gasteiger partial charge is 0.382 e. The Morgan fingerprint density at radius 1 is 0.714 bits per heavy atom. The van der Waals surface area contributed by atoms with Crippen molar-refractivity contribution >= 4 is 57.8 Å². The molecule has 0 bridgehead atoms. The minimum absolute atomic E-state index is 0.397. The number of pyridine rings is 1. The topological polar surface area (TPSA) is 37.0 Å². The van der Waals surface area contributed by atoms with Crippen LogP contribution in [0.3, 0.4) is 0 Å². The lowest BCUT2D eigenvalue weighted by molar-refractivity contribution is 0.511. The molecule has 0 unspecified atom stereocenters. The fourth-order valence-electron chi connectivity index (χ4n) is 2.86. The zero-order valence-corrected chi connectivity index (χ0v) is 18.2. The van der Waals surface area contributed by atoms with Crippen LogP contribution in [0.4, 0.5) is 11.4 Å². The van der Waals surface area contributed by atoms with Crippen molar-refractivity contribution in [1.29, 1.82) is 0 Å². The van der Waals surface area contributed by atoms with Crippen LogP contribution in [-0.2, 0) is 5.41 Å². The average molecular weight is 455 g/mol. The van der Waals surface area contributed by atoms with Crippen molar-refractivity contribution in [1.82, 2.24) is 4.98 Å². The number of anilines is 2. The van der Waals surface area contributed by atoms with Gasteiger partial charge in [-0.15, -0.1) is 0 Å². The van der Waals surface area contributed by atoms with Gasteiger partial charge in [0, 0.05) is 30.4 Å². The molecule has 3 nitrogen and oxygen atoms in total. The highest BCUT2D eigenvalue weighted by atomic mass is 35.5. The van der Waals surface area contributed by atoms with Crippen molar-refractivity contribution in [2.45, 2.75) is 12.3 Å². The van der Waals surface area contributed by atoms with E-state index in [-0.39, 0.29) is 0 Å². The molecule has 2 aromatic carbocycles. The summed E-state index contributed by atoms with van der Waals surface area (Å²) in [5.41, 5.74) is 1.92. The lowest BCUT2D eigenvalue weighted by atomic mass is 9.85. The smallest absolute Gasteiger partial charge is 0.0719 e. The number of nitrogens with one attached hydrogen (secondary N) is 2. The summed E-state index contributed by atoms with van der Waals surface area (Å²) in [5.74, 6) is 0. The van der Waals surface area contributed by atoms with E-state index >= 15 is 0 Å². The van der Waals surface area contributed by atoms with Gasteiger partial charge in [0.25, 0.3) is 0 Å². The van der Waals surface area contributed by atoms with E-state index in [1.807, 2.05) is 30.3 Å². The second kappa shape index (κ2) is 9.23. The van der Waals surface area contributed by atoms with Gasteiger partial charge in [-0.3, -0.25) is 4.98 Å². The van der Waals surface area contributed by atoms with Crippen LogP contribution in [-0.4, -0.2) is 18.1 Å². The van der Waals surface area contributed by atoms with Crippen LogP contribution in [0.15, 0.2) is 60.8 Å². The molecule has 28 heavy (non-hydrogen) atoms. The van der Waals surface area contributed by atoms with Crippen LogP contribution < -0.4 is 10.6 Å². The number of benzene rings is 2. The predicted octanol–water partition coefficient (Wildman–Crippen LogP) is 7.18. The number of para-hydroxylation sites is 2. The monoisotopic (exact) mass is 453 g/mol. The third-order valence-electron chi connectivity index (χ3n) is 4.52. The van der Waals surface area contributed by atoms with Gasteiger partial charge >= 0.3 is 0 Å². The van der Waals surface area contributed by atoms with Crippen LogP contribution in [0.2, 0.25) is 20.1 Å². The van der Waals surface area contributed by atoms with E-state index in [2.05, 4.69) is 22.5 Å². The molecule has 0 atom stereocenters. The van der Waals surface area contributed by atoms with E-state index in [1.54, 1.807) is 30.5 Å². The summed E-state index contributed by atoms with van der Waals surface area (Å²) in [7, 11) is 0. The maximum atomic E-state index is 6.31. The maximum Gasteiger partial charge on any atom is 0.0719 e. The molecule has 0 aliphatic heterocycles. The number of rotatable bonds is 7. The molecule has 146 valence electrons. The van der Waals surface area contributed by atoms with Crippen molar-refractivity contribution in [2.75, 3.05) is 23.7 Å². The number of nitrogens with zero attached hydrogens (tertiary/aromatic N) is 1. The first kappa shape index (κ1) is 21.1. The Hall–Kier alpha value is -1.65. The Kier molecular flexibility index (Phi) is 6.95. The van der Waals surface area contributed by atoms with Crippen LogP contribution in [0.1, 0.15) is 12.6 Å². The summed E-state index contributed by atoms with van der Waals surface area (Å²) in [5, 5.41) is 9.02. The third kappa shape index (κ3) is 4.84. The SMILES string of the molecule is CC(CNc1c(Cl)cccc1Cl)(CNc1c(Cl)cccc1Cl)c1ccccn1. The van der Waals surface area contributed by atoms with E-state index < -0.39 is 5.41 Å². The fraction of sp³-hybridized carbons (Fsp3) is 0.190. The molecule has 1 aromatic heterocycles. The van der Waals surface area contributed by atoms with Gasteiger partial charge in [-0.1, -0.05) is 71.5 Å². The lowest BCUT2D eigenvalue weighted by Gasteiger charge is -2.31. The minimum atomic E-state index is -0.397. The van der Waals surface area contributed by atoms with Gasteiger partial charge in [0.1, 0.15) is 0 Å². The van der Waals surface area contributed by atoms with Crippen molar-refractivity contribution in [3.63, 3.8) is 0 Å². The van der Waals surface area contributed by atoms with Gasteiger partial charge in [0.05, 0.1) is 31.5 Å². The third-order valence-corrected chi connectivity index (χ3v) is 5.78. The first-order chi connectivity index (χ1) is 13.4. The summed E-state index contributed by atoms with van der Waals surface area (Å²) in [6.45, 7) is 3.19. The lowest BCUT2D eigenvalue weighted by Crippen LogP contribution is -2.39. The second-order valence-electron chi connectivity index (χ2n) is 6.68. The molecule has 1 heterocycles. The molecule has 0 amide bonds. The number of halogens is 4. The predicted molar refractivity (Wildman–Crippen MR) is 121 cm³/mol. The highest BCUT2D eigenvalue weighted by Gasteiger charge is 2.29. The first-order valence-corrected chi connectivity index (χ1v) is 10.2. The summed E-state index contributed by atoms with van der Waals surface area (Å²) < 4.78 is 0. The van der Waals surface area contributed by atoms with Gasteiger partial charge in [-0.25, -0.2) is 0 Å². The highest BCUT2D eigenvalue weighted by Crippen LogP contribution is 2.34. The number of hydrogen-bond donors (Lipinski definition) is 2. The Bertz CT molecular complexity index is 852. The Labute approximate surface area is 185 Å². The molecule has 0 saturated heterocycles. The van der Waals surface area contributed by atoms with E-state index in [9.17, 15) is 0 Å². The molecule has 2 N–H and O–H groups in total. The first-order valence-electron chi connectivity index (χ1n) is 8.68. The molecule has 0 spiro atoms. The van der Waals surface area contributed by atoms with Crippen molar-refractivity contribution in [3.05, 3.63) is 86.6 Å². The van der Waals surface area contributed by atoms with Gasteiger partial charge in [-0.05, 0) is 36.4 Å². The fourth-order valence-corrected chi connectivity index (χ4v) is 3.93. The normalized spacial score (nSPS) is 11.3. The minimum Gasteiger partial charge on any atom is -0.382 e. The van der Waals surface area contributed by atoms with Gasteiger partial charge < -0.3 is 10.6 Å². The molecular formula is C21H19Cl4N3. The quantitative estimate of drug-likeness (QED) is 0.397. The van der Waals surface area contributed by atoms with Crippen LogP contribution >= 0.6 is 46.4 Å². The summed E-state index contributed by atoms with van der Waals surface area (Å²) >= 11 is 25.2. The molecule has 0 aliphatic rings. The van der Waals surface area contributed by atoms with Gasteiger partial charge in [0.15, 0.2) is 0 Å². The molecule has 7 heteroatoms. The zero-order valence-electron chi connectivity index (χ0n) is 15.1. The van der Waals surface area contributed by atoms with Crippen LogP contribution in [0, 0.1) is 0 Å². The Morgan fingerprint density at radius 2 is 1.18 bits per heavy atom. The maximum absolute atomic E-state index is 6.31. The highest BCUT2D eigenvalue weighted by molar-refractivity contribution is 6.39. The van der Waals surface area contributed by atoms with Crippen molar-refractivity contribution in [3.8, 4) is 0 Å². The van der Waals surface area contributed by atoms with Crippen molar-refractivity contribution < 1.29 is 0 Å². The zero-order chi connectivity index (χ0) is 20.1. The summed E-state index contributed by atoms with van der Waals surface area (Å²) in [4.78, 5) is 4.55. The number of hydrogen-bond acceptors (Lipinski definition) is 3. The second-order valence-corrected chi connectivity index (χ2v) is 8.30. The van der Waals surface area contributed by atoms with Gasteiger partial charge in [0.2, 0.25) is 0 Å². The van der Waals surface area contributed by atoms with E-state index in [0.717, 1.165) is 5.69 Å². The molecule has 0 saturated carbocycles. The average Bonchev–Trinajstić information content (AvgIpc) is 2.68.